The molecule has 0 saturated carbocycles. The second-order valence-corrected chi connectivity index (χ2v) is 8.25. The number of pyridine rings is 1. The Morgan fingerprint density at radius 3 is 2.76 bits per heavy atom. The number of carbonyl (C=O) groups excluding carboxylic acids is 1. The van der Waals surface area contributed by atoms with Gasteiger partial charge in [0.2, 0.25) is 0 Å². The minimum absolute atomic E-state index is 0.0687. The van der Waals surface area contributed by atoms with Crippen molar-refractivity contribution in [3.05, 3.63) is 41.5 Å². The lowest BCUT2D eigenvalue weighted by Crippen LogP contribution is -2.42. The van der Waals surface area contributed by atoms with Gasteiger partial charge in [0.25, 0.3) is 0 Å². The number of piperidine rings is 1. The number of aromatic hydroxyl groups is 1. The lowest BCUT2D eigenvalue weighted by Gasteiger charge is -2.34. The quantitative estimate of drug-likeness (QED) is 0.795. The molecule has 3 rings (SSSR count). The predicted molar refractivity (Wildman–Crippen MR) is 110 cm³/mol. The molecule has 0 bridgehead atoms. The number of nitriles is 1. The second-order valence-electron chi connectivity index (χ2n) is 8.25. The van der Waals surface area contributed by atoms with Gasteiger partial charge in [0, 0.05) is 24.6 Å². The summed E-state index contributed by atoms with van der Waals surface area (Å²) in [5, 5.41) is 19.8. The van der Waals surface area contributed by atoms with Crippen LogP contribution in [0.2, 0.25) is 0 Å². The van der Waals surface area contributed by atoms with Crippen LogP contribution in [0.1, 0.15) is 50.7 Å². The fourth-order valence-electron chi connectivity index (χ4n) is 3.58. The lowest BCUT2D eigenvalue weighted by molar-refractivity contribution is 0.0198. The number of hydrogen-bond acceptors (Lipinski definition) is 6. The van der Waals surface area contributed by atoms with Gasteiger partial charge in [0.05, 0.1) is 11.3 Å². The predicted octanol–water partition coefficient (Wildman–Crippen LogP) is 4.02. The maximum atomic E-state index is 12.5. The van der Waals surface area contributed by atoms with E-state index in [0.29, 0.717) is 29.9 Å². The molecule has 29 heavy (non-hydrogen) atoms. The van der Waals surface area contributed by atoms with Crippen LogP contribution in [0.15, 0.2) is 30.3 Å². The van der Waals surface area contributed by atoms with Gasteiger partial charge in [-0.25, -0.2) is 9.78 Å². The van der Waals surface area contributed by atoms with E-state index in [0.717, 1.165) is 18.4 Å². The third kappa shape index (κ3) is 4.60. The lowest BCUT2D eigenvalue weighted by atomic mass is 9.87. The van der Waals surface area contributed by atoms with Gasteiger partial charge in [0.1, 0.15) is 23.2 Å². The normalized spacial score (nSPS) is 16.9. The summed E-state index contributed by atoms with van der Waals surface area (Å²) in [5.74, 6) is 0.146. The molecule has 1 aromatic carbocycles. The first-order chi connectivity index (χ1) is 13.7. The van der Waals surface area contributed by atoms with Crippen molar-refractivity contribution in [3.8, 4) is 23.1 Å². The van der Waals surface area contributed by atoms with E-state index in [1.54, 1.807) is 35.2 Å². The number of aromatic nitrogens is 1. The third-order valence-corrected chi connectivity index (χ3v) is 4.88. The topological polar surface area (TPSA) is 112 Å². The number of amides is 1. The molecule has 2 aromatic rings. The summed E-state index contributed by atoms with van der Waals surface area (Å²) in [6.07, 6.45) is 1.25. The van der Waals surface area contributed by atoms with E-state index >= 15 is 0 Å². The SMILES string of the molecule is CC(C)(C)OC(=O)N1CCCC(c2cc(-c3ccccc3O)nc(N)c2C#N)C1. The smallest absolute Gasteiger partial charge is 0.410 e. The zero-order chi connectivity index (χ0) is 21.2. The van der Waals surface area contributed by atoms with Gasteiger partial charge in [-0.3, -0.25) is 0 Å². The Morgan fingerprint density at radius 2 is 2.10 bits per heavy atom. The Balaban J connectivity index is 1.96. The van der Waals surface area contributed by atoms with Crippen LogP contribution in [0.4, 0.5) is 10.6 Å². The first kappa shape index (κ1) is 20.5. The Bertz CT molecular complexity index is 960. The highest BCUT2D eigenvalue weighted by Crippen LogP contribution is 2.36. The van der Waals surface area contributed by atoms with Crippen LogP contribution in [0.3, 0.4) is 0 Å². The van der Waals surface area contributed by atoms with Crippen molar-refractivity contribution in [1.82, 2.24) is 9.88 Å². The van der Waals surface area contributed by atoms with E-state index in [-0.39, 0.29) is 23.6 Å². The number of phenols is 1. The fourth-order valence-corrected chi connectivity index (χ4v) is 3.58. The van der Waals surface area contributed by atoms with Crippen LogP contribution in [-0.2, 0) is 4.74 Å². The Morgan fingerprint density at radius 1 is 1.38 bits per heavy atom. The molecule has 0 radical (unpaired) electrons. The van der Waals surface area contributed by atoms with Crippen LogP contribution < -0.4 is 5.73 Å². The van der Waals surface area contributed by atoms with E-state index in [4.69, 9.17) is 10.5 Å². The van der Waals surface area contributed by atoms with Gasteiger partial charge in [-0.05, 0) is 57.4 Å². The van der Waals surface area contributed by atoms with Crippen molar-refractivity contribution in [2.24, 2.45) is 0 Å². The average molecular weight is 394 g/mol. The van der Waals surface area contributed by atoms with Gasteiger partial charge in [-0.1, -0.05) is 12.1 Å². The number of carbonyl (C=O) groups is 1. The van der Waals surface area contributed by atoms with Crippen molar-refractivity contribution >= 4 is 11.9 Å². The molecule has 1 amide bonds. The van der Waals surface area contributed by atoms with E-state index < -0.39 is 5.60 Å². The van der Waals surface area contributed by atoms with Crippen LogP contribution in [0.25, 0.3) is 11.3 Å². The number of nitrogen functional groups attached to an aromatic ring is 1. The van der Waals surface area contributed by atoms with Crippen LogP contribution in [0, 0.1) is 11.3 Å². The van der Waals surface area contributed by atoms with E-state index in [2.05, 4.69) is 11.1 Å². The molecule has 0 aliphatic carbocycles. The zero-order valence-corrected chi connectivity index (χ0v) is 17.0. The molecular formula is C22H26N4O3. The first-order valence-electron chi connectivity index (χ1n) is 9.66. The largest absolute Gasteiger partial charge is 0.507 e. The maximum Gasteiger partial charge on any atom is 0.410 e. The highest BCUT2D eigenvalue weighted by atomic mass is 16.6. The second kappa shape index (κ2) is 8.00. The van der Waals surface area contributed by atoms with Crippen molar-refractivity contribution in [2.75, 3.05) is 18.8 Å². The highest BCUT2D eigenvalue weighted by molar-refractivity contribution is 5.72. The number of ether oxygens (including phenoxy) is 1. The van der Waals surface area contributed by atoms with Crippen molar-refractivity contribution < 1.29 is 14.6 Å². The van der Waals surface area contributed by atoms with Crippen LogP contribution in [0.5, 0.6) is 5.75 Å². The summed E-state index contributed by atoms with van der Waals surface area (Å²) in [6.45, 7) is 6.56. The summed E-state index contributed by atoms with van der Waals surface area (Å²) in [6, 6.07) is 10.8. The van der Waals surface area contributed by atoms with Gasteiger partial charge in [0.15, 0.2) is 0 Å². The minimum Gasteiger partial charge on any atom is -0.507 e. The van der Waals surface area contributed by atoms with Crippen LogP contribution >= 0.6 is 0 Å². The summed E-state index contributed by atoms with van der Waals surface area (Å²) < 4.78 is 5.50. The molecule has 7 heteroatoms. The zero-order valence-electron chi connectivity index (χ0n) is 17.0. The molecule has 2 heterocycles. The highest BCUT2D eigenvalue weighted by Gasteiger charge is 2.30. The first-order valence-corrected chi connectivity index (χ1v) is 9.66. The van der Waals surface area contributed by atoms with Gasteiger partial charge in [-0.15, -0.1) is 0 Å². The third-order valence-electron chi connectivity index (χ3n) is 4.88. The molecule has 3 N–H and O–H groups in total. The molecule has 7 nitrogen and oxygen atoms in total. The standard InChI is InChI=1S/C22H26N4O3/c1-22(2,3)29-21(28)26-10-6-7-14(13-26)16-11-18(25-20(24)17(16)12-23)15-8-4-5-9-19(15)27/h4-5,8-9,11,14,27H,6-7,10,13H2,1-3H3,(H2,24,25). The summed E-state index contributed by atoms with van der Waals surface area (Å²) in [4.78, 5) is 18.5. The van der Waals surface area contributed by atoms with Gasteiger partial charge in [-0.2, -0.15) is 5.26 Å². The molecule has 1 aliphatic rings. The van der Waals surface area contributed by atoms with Gasteiger partial charge >= 0.3 is 6.09 Å². The molecule has 1 unspecified atom stereocenters. The van der Waals surface area contributed by atoms with E-state index in [1.807, 2.05) is 20.8 Å². The number of phenolic OH excluding ortho intramolecular Hbond substituents is 1. The minimum atomic E-state index is -0.569. The molecule has 1 atom stereocenters. The maximum absolute atomic E-state index is 12.5. The molecular weight excluding hydrogens is 368 g/mol. The molecule has 1 saturated heterocycles. The van der Waals surface area contributed by atoms with Crippen molar-refractivity contribution in [1.29, 1.82) is 5.26 Å². The summed E-state index contributed by atoms with van der Waals surface area (Å²) in [5.41, 5.74) is 7.63. The van der Waals surface area contributed by atoms with Crippen LogP contribution in [-0.4, -0.2) is 39.8 Å². The molecule has 1 fully saturated rings. The number of para-hydroxylation sites is 1. The van der Waals surface area contributed by atoms with Gasteiger partial charge < -0.3 is 20.5 Å². The fraction of sp³-hybridized carbons (Fsp3) is 0.409. The molecule has 0 spiro atoms. The molecule has 1 aliphatic heterocycles. The number of nitrogens with zero attached hydrogens (tertiary/aromatic N) is 3. The number of nitrogens with two attached hydrogens (primary N) is 1. The Kier molecular flexibility index (Phi) is 5.64. The molecule has 152 valence electrons. The van der Waals surface area contributed by atoms with Crippen molar-refractivity contribution in [2.45, 2.75) is 45.1 Å². The number of benzene rings is 1. The Labute approximate surface area is 170 Å². The Hall–Kier alpha value is -3.27. The van der Waals surface area contributed by atoms with E-state index in [9.17, 15) is 15.2 Å². The monoisotopic (exact) mass is 394 g/mol. The van der Waals surface area contributed by atoms with Crippen molar-refractivity contribution in [3.63, 3.8) is 0 Å². The number of anilines is 1. The molecule has 1 aromatic heterocycles. The number of rotatable bonds is 2. The van der Waals surface area contributed by atoms with E-state index in [1.165, 1.54) is 0 Å². The summed E-state index contributed by atoms with van der Waals surface area (Å²) in [7, 11) is 0. The summed E-state index contributed by atoms with van der Waals surface area (Å²) >= 11 is 0. The number of likely N-dealkylation sites (tertiary alicyclic amines) is 1. The number of hydrogen-bond donors (Lipinski definition) is 2. The average Bonchev–Trinajstić information content (AvgIpc) is 2.66.